The molecule has 1 N–H and O–H groups in total. The predicted molar refractivity (Wildman–Crippen MR) is 143 cm³/mol. The fourth-order valence-electron chi connectivity index (χ4n) is 4.83. The average molecular weight is 509 g/mol. The number of benzene rings is 3. The Hall–Kier alpha value is -4.28. The molecule has 1 heterocycles. The van der Waals surface area contributed by atoms with Crippen LogP contribution >= 0.6 is 11.3 Å². The van der Waals surface area contributed by atoms with Crippen LogP contribution in [0.1, 0.15) is 34.2 Å². The van der Waals surface area contributed by atoms with Crippen molar-refractivity contribution >= 4 is 29.0 Å². The lowest BCUT2D eigenvalue weighted by Crippen LogP contribution is -2.22. The van der Waals surface area contributed by atoms with E-state index in [1.807, 2.05) is 55.5 Å². The molecule has 0 unspecified atom stereocenters. The van der Waals surface area contributed by atoms with Gasteiger partial charge in [0.2, 0.25) is 0 Å². The zero-order valence-corrected chi connectivity index (χ0v) is 21.0. The molecule has 0 radical (unpaired) electrons. The quantitative estimate of drug-likeness (QED) is 0.213. The Bertz CT molecular complexity index is 1470. The highest BCUT2D eigenvalue weighted by Gasteiger charge is 2.30. The van der Waals surface area contributed by atoms with Gasteiger partial charge in [-0.1, -0.05) is 72.8 Å². The second-order valence-electron chi connectivity index (χ2n) is 9.03. The Kier molecular flexibility index (Phi) is 6.85. The van der Waals surface area contributed by atoms with Gasteiger partial charge in [-0.3, -0.25) is 9.59 Å². The summed E-state index contributed by atoms with van der Waals surface area (Å²) in [4.78, 5) is 33.7. The van der Waals surface area contributed by atoms with Gasteiger partial charge in [-0.25, -0.2) is 9.83 Å². The molecule has 0 saturated carbocycles. The first kappa shape index (κ1) is 24.4. The third kappa shape index (κ3) is 5.02. The molecular weight excluding hydrogens is 484 g/mol. The molecule has 6 nitrogen and oxygen atoms in total. The van der Waals surface area contributed by atoms with E-state index in [2.05, 4.69) is 22.0 Å². The second-order valence-corrected chi connectivity index (χ2v) is 10.1. The van der Waals surface area contributed by atoms with Gasteiger partial charge in [-0.2, -0.15) is 0 Å². The van der Waals surface area contributed by atoms with Crippen LogP contribution in [0.3, 0.4) is 0 Å². The normalized spacial score (nSPS) is 12.9. The van der Waals surface area contributed by atoms with Gasteiger partial charge in [0, 0.05) is 12.3 Å². The summed E-state index contributed by atoms with van der Waals surface area (Å²) in [7, 11) is 0. The molecule has 4 aromatic rings. The van der Waals surface area contributed by atoms with E-state index in [9.17, 15) is 14.7 Å². The molecule has 1 atom stereocenters. The van der Waals surface area contributed by atoms with Crippen LogP contribution in [0.5, 0.6) is 0 Å². The summed E-state index contributed by atoms with van der Waals surface area (Å²) in [5.41, 5.74) is 6.78. The molecule has 7 heteroatoms. The molecule has 5 rings (SSSR count). The van der Waals surface area contributed by atoms with Crippen molar-refractivity contribution in [3.05, 3.63) is 106 Å². The number of hydrogen-bond acceptors (Lipinski definition) is 5. The first-order valence-corrected chi connectivity index (χ1v) is 12.8. The Morgan fingerprint density at radius 2 is 1.65 bits per heavy atom. The van der Waals surface area contributed by atoms with Crippen molar-refractivity contribution in [1.82, 2.24) is 4.98 Å². The molecule has 37 heavy (non-hydrogen) atoms. The number of aliphatic carboxylic acids is 1. The minimum atomic E-state index is -1.05. The summed E-state index contributed by atoms with van der Waals surface area (Å²) in [5.74, 6) is -2.58. The zero-order valence-electron chi connectivity index (χ0n) is 20.2. The summed E-state index contributed by atoms with van der Waals surface area (Å²) in [6, 6.07) is 23.4. The van der Waals surface area contributed by atoms with Crippen LogP contribution < -0.4 is 0 Å². The van der Waals surface area contributed by atoms with E-state index in [4.69, 9.17) is 11.3 Å². The van der Waals surface area contributed by atoms with Gasteiger partial charge in [0.25, 0.3) is 0 Å². The summed E-state index contributed by atoms with van der Waals surface area (Å²) < 4.78 is 5.63. The van der Waals surface area contributed by atoms with Gasteiger partial charge in [0.15, 0.2) is 5.69 Å². The largest absolute Gasteiger partial charge is 0.481 e. The SMILES string of the molecule is [C-]#[N+]c1ccc(-c2sc(C[C@H](CC(=O)OCC3c4ccccc4-c4ccccc43)C(=O)O)nc2C)cc1. The maximum absolute atomic E-state index is 12.8. The molecule has 184 valence electrons. The minimum absolute atomic E-state index is 0.0713. The number of nitrogens with zero attached hydrogens (tertiary/aromatic N) is 2. The van der Waals surface area contributed by atoms with E-state index in [-0.39, 0.29) is 25.4 Å². The van der Waals surface area contributed by atoms with Crippen LogP contribution in [0.2, 0.25) is 0 Å². The molecule has 0 spiro atoms. The smallest absolute Gasteiger partial charge is 0.307 e. The van der Waals surface area contributed by atoms with Gasteiger partial charge in [0.05, 0.1) is 34.5 Å². The molecule has 1 aromatic heterocycles. The van der Waals surface area contributed by atoms with Crippen molar-refractivity contribution in [3.8, 4) is 21.6 Å². The maximum atomic E-state index is 12.8. The number of aromatic nitrogens is 1. The number of carbonyl (C=O) groups excluding carboxylic acids is 1. The van der Waals surface area contributed by atoms with E-state index < -0.39 is 17.9 Å². The van der Waals surface area contributed by atoms with Crippen LogP contribution in [-0.2, 0) is 20.7 Å². The molecule has 0 saturated heterocycles. The van der Waals surface area contributed by atoms with Crippen molar-refractivity contribution in [2.24, 2.45) is 5.92 Å². The first-order chi connectivity index (χ1) is 17.9. The van der Waals surface area contributed by atoms with E-state index in [0.717, 1.165) is 38.4 Å². The zero-order chi connectivity index (χ0) is 25.9. The number of esters is 1. The number of aryl methyl sites for hydroxylation is 1. The third-order valence-electron chi connectivity index (χ3n) is 6.66. The Labute approximate surface area is 219 Å². The van der Waals surface area contributed by atoms with Gasteiger partial charge >= 0.3 is 11.9 Å². The van der Waals surface area contributed by atoms with Gasteiger partial charge in [-0.05, 0) is 34.7 Å². The van der Waals surface area contributed by atoms with Crippen molar-refractivity contribution in [3.63, 3.8) is 0 Å². The highest BCUT2D eigenvalue weighted by molar-refractivity contribution is 7.15. The molecule has 0 fully saturated rings. The lowest BCUT2D eigenvalue weighted by atomic mass is 9.98. The summed E-state index contributed by atoms with van der Waals surface area (Å²) in [6.07, 6.45) is -0.0792. The second kappa shape index (κ2) is 10.4. The monoisotopic (exact) mass is 508 g/mol. The summed E-state index contributed by atoms with van der Waals surface area (Å²) >= 11 is 1.41. The molecule has 0 amide bonds. The topological polar surface area (TPSA) is 80.9 Å². The molecular formula is C30H24N2O4S. The van der Waals surface area contributed by atoms with Crippen molar-refractivity contribution in [2.45, 2.75) is 25.7 Å². The predicted octanol–water partition coefficient (Wildman–Crippen LogP) is 6.66. The standard InChI is InChI=1S/C30H24N2O4S/c1-18-29(19-11-13-21(31-2)14-12-19)37-27(32-18)15-20(30(34)35)16-28(33)36-17-26-24-9-5-3-7-22(24)23-8-4-6-10-25(23)26/h3-14,20,26H,15-17H2,1H3,(H,34,35)/t20-/m1/s1. The number of carboxylic acids is 1. The minimum Gasteiger partial charge on any atom is -0.481 e. The fourth-order valence-corrected chi connectivity index (χ4v) is 5.98. The van der Waals surface area contributed by atoms with Gasteiger partial charge < -0.3 is 9.84 Å². The van der Waals surface area contributed by atoms with Crippen molar-refractivity contribution in [2.75, 3.05) is 6.61 Å². The lowest BCUT2D eigenvalue weighted by molar-refractivity contribution is -0.151. The Morgan fingerprint density at radius 3 is 2.24 bits per heavy atom. The summed E-state index contributed by atoms with van der Waals surface area (Å²) in [6.45, 7) is 9.14. The van der Waals surface area contributed by atoms with Crippen LogP contribution in [-0.4, -0.2) is 28.6 Å². The van der Waals surface area contributed by atoms with E-state index in [1.165, 1.54) is 11.3 Å². The third-order valence-corrected chi connectivity index (χ3v) is 7.89. The number of rotatable bonds is 8. The summed E-state index contributed by atoms with van der Waals surface area (Å²) in [5, 5.41) is 10.5. The molecule has 1 aliphatic rings. The number of thiazole rings is 1. The van der Waals surface area contributed by atoms with Crippen LogP contribution in [0, 0.1) is 19.4 Å². The fraction of sp³-hybridized carbons (Fsp3) is 0.200. The Balaban J connectivity index is 1.25. The number of fused-ring (bicyclic) bond motifs is 3. The number of carbonyl (C=O) groups is 2. The number of carboxylic acid groups (broad SMARTS) is 1. The maximum Gasteiger partial charge on any atom is 0.307 e. The van der Waals surface area contributed by atoms with Gasteiger partial charge in [0.1, 0.15) is 6.61 Å². The van der Waals surface area contributed by atoms with Crippen molar-refractivity contribution in [1.29, 1.82) is 0 Å². The van der Waals surface area contributed by atoms with E-state index >= 15 is 0 Å². The van der Waals surface area contributed by atoms with Crippen LogP contribution in [0.25, 0.3) is 26.4 Å². The average Bonchev–Trinajstić information content (AvgIpc) is 3.44. The van der Waals surface area contributed by atoms with Crippen LogP contribution in [0.15, 0.2) is 72.8 Å². The highest BCUT2D eigenvalue weighted by Crippen LogP contribution is 2.44. The Morgan fingerprint density at radius 1 is 1.03 bits per heavy atom. The molecule has 0 aliphatic heterocycles. The van der Waals surface area contributed by atoms with Crippen molar-refractivity contribution < 1.29 is 19.4 Å². The molecule has 1 aliphatic carbocycles. The molecule has 0 bridgehead atoms. The lowest BCUT2D eigenvalue weighted by Gasteiger charge is -2.15. The van der Waals surface area contributed by atoms with Crippen LogP contribution in [0.4, 0.5) is 5.69 Å². The number of ether oxygens (including phenoxy) is 1. The highest BCUT2D eigenvalue weighted by atomic mass is 32.1. The number of hydrogen-bond donors (Lipinski definition) is 1. The molecule has 3 aromatic carbocycles. The van der Waals surface area contributed by atoms with E-state index in [0.29, 0.717) is 10.7 Å². The first-order valence-electron chi connectivity index (χ1n) is 12.0. The van der Waals surface area contributed by atoms with E-state index in [1.54, 1.807) is 12.1 Å². The van der Waals surface area contributed by atoms with Gasteiger partial charge in [-0.15, -0.1) is 11.3 Å².